The number of alkyl halides is 3. The second-order valence-electron chi connectivity index (χ2n) is 5.25. The molecule has 0 aromatic carbocycles. The first kappa shape index (κ1) is 17.0. The van der Waals surface area contributed by atoms with Gasteiger partial charge in [0.15, 0.2) is 0 Å². The van der Waals surface area contributed by atoms with E-state index in [4.69, 9.17) is 0 Å². The summed E-state index contributed by atoms with van der Waals surface area (Å²) >= 11 is 0. The lowest BCUT2D eigenvalue weighted by atomic mass is 9.97. The van der Waals surface area contributed by atoms with Gasteiger partial charge in [-0.25, -0.2) is 4.98 Å². The minimum atomic E-state index is -4.44. The molecule has 2 rings (SSSR count). The summed E-state index contributed by atoms with van der Waals surface area (Å²) < 4.78 is 36.4. The number of nitrogens with zero attached hydrogens (tertiary/aromatic N) is 3. The number of carbonyl (C=O) groups excluding carboxylic acids is 1. The number of anilines is 1. The number of rotatable bonds is 4. The van der Waals surface area contributed by atoms with Crippen molar-refractivity contribution in [3.8, 4) is 0 Å². The van der Waals surface area contributed by atoms with Gasteiger partial charge < -0.3 is 10.2 Å². The van der Waals surface area contributed by atoms with Crippen molar-refractivity contribution in [2.24, 2.45) is 5.92 Å². The zero-order valence-corrected chi connectivity index (χ0v) is 12.0. The van der Waals surface area contributed by atoms with Crippen LogP contribution in [0.1, 0.15) is 12.8 Å². The fraction of sp³-hybridized carbons (Fsp3) is 0.538. The van der Waals surface area contributed by atoms with E-state index in [9.17, 15) is 28.1 Å². The van der Waals surface area contributed by atoms with E-state index in [1.165, 1.54) is 12.1 Å². The van der Waals surface area contributed by atoms with Crippen LogP contribution >= 0.6 is 0 Å². The van der Waals surface area contributed by atoms with E-state index >= 15 is 0 Å². The van der Waals surface area contributed by atoms with Crippen molar-refractivity contribution in [3.63, 3.8) is 0 Å². The minimum absolute atomic E-state index is 0.148. The number of hydrogen-bond acceptors (Lipinski definition) is 5. The van der Waals surface area contributed by atoms with Crippen LogP contribution in [0.2, 0.25) is 0 Å². The molecule has 1 atom stereocenters. The average molecular weight is 332 g/mol. The summed E-state index contributed by atoms with van der Waals surface area (Å²) in [7, 11) is 0. The monoisotopic (exact) mass is 332 g/mol. The lowest BCUT2D eigenvalue weighted by Crippen LogP contribution is -2.45. The first-order valence-electron chi connectivity index (χ1n) is 6.96. The molecular weight excluding hydrogens is 317 g/mol. The molecule has 1 aliphatic heterocycles. The van der Waals surface area contributed by atoms with Gasteiger partial charge in [0.1, 0.15) is 18.6 Å². The first-order valence-corrected chi connectivity index (χ1v) is 6.96. The predicted molar refractivity (Wildman–Crippen MR) is 74.9 cm³/mol. The molecule has 0 bridgehead atoms. The second kappa shape index (κ2) is 6.80. The van der Waals surface area contributed by atoms with Crippen LogP contribution in [0.5, 0.6) is 0 Å². The maximum atomic E-state index is 12.1. The summed E-state index contributed by atoms with van der Waals surface area (Å²) in [6.45, 7) is -0.527. The molecule has 1 aromatic heterocycles. The number of nitro groups is 1. The van der Waals surface area contributed by atoms with Crippen LogP contribution < -0.4 is 10.2 Å². The highest BCUT2D eigenvalue weighted by Gasteiger charge is 2.31. The Hall–Kier alpha value is -2.39. The average Bonchev–Trinajstić information content (AvgIpc) is 2.52. The molecule has 126 valence electrons. The smallest absolute Gasteiger partial charge is 0.356 e. The van der Waals surface area contributed by atoms with Crippen LogP contribution in [0.4, 0.5) is 24.7 Å². The Morgan fingerprint density at radius 1 is 1.48 bits per heavy atom. The molecule has 1 aromatic rings. The van der Waals surface area contributed by atoms with Gasteiger partial charge in [0, 0.05) is 19.2 Å². The molecule has 7 nitrogen and oxygen atoms in total. The van der Waals surface area contributed by atoms with Crippen molar-refractivity contribution in [3.05, 3.63) is 28.4 Å². The van der Waals surface area contributed by atoms with Gasteiger partial charge in [-0.1, -0.05) is 0 Å². The molecule has 0 spiro atoms. The number of hydrogen-bond donors (Lipinski definition) is 1. The number of halogens is 3. The highest BCUT2D eigenvalue weighted by molar-refractivity contribution is 5.79. The Morgan fingerprint density at radius 2 is 2.22 bits per heavy atom. The van der Waals surface area contributed by atoms with E-state index in [-0.39, 0.29) is 12.2 Å². The predicted octanol–water partition coefficient (Wildman–Crippen LogP) is 1.88. The summed E-state index contributed by atoms with van der Waals surface area (Å²) in [5.41, 5.74) is -0.148. The Kier molecular flexibility index (Phi) is 5.02. The molecule has 23 heavy (non-hydrogen) atoms. The Balaban J connectivity index is 1.97. The number of aromatic nitrogens is 1. The van der Waals surface area contributed by atoms with Crippen molar-refractivity contribution in [2.75, 3.05) is 24.5 Å². The number of piperidine rings is 1. The number of amides is 1. The van der Waals surface area contributed by atoms with Gasteiger partial charge in [-0.2, -0.15) is 13.2 Å². The first-order chi connectivity index (χ1) is 10.8. The highest BCUT2D eigenvalue weighted by atomic mass is 19.4. The molecule has 10 heteroatoms. The van der Waals surface area contributed by atoms with E-state index in [0.717, 1.165) is 6.20 Å². The summed E-state index contributed by atoms with van der Waals surface area (Å²) in [6.07, 6.45) is -2.21. The minimum Gasteiger partial charge on any atom is -0.356 e. The molecule has 0 aliphatic carbocycles. The standard InChI is InChI=1S/C13H15F3N4O3/c14-13(15,16)8-18-12(21)9-2-1-5-19(7-9)11-4-3-10(6-17-11)20(22)23/h3-4,6,9H,1-2,5,7-8H2,(H,18,21). The molecule has 1 aliphatic rings. The van der Waals surface area contributed by atoms with Gasteiger partial charge in [-0.05, 0) is 18.9 Å². The second-order valence-corrected chi connectivity index (χ2v) is 5.25. The zero-order chi connectivity index (χ0) is 17.0. The molecule has 1 N–H and O–H groups in total. The number of carbonyl (C=O) groups is 1. The quantitative estimate of drug-likeness (QED) is 0.672. The van der Waals surface area contributed by atoms with Gasteiger partial charge in [0.25, 0.3) is 5.69 Å². The maximum absolute atomic E-state index is 12.1. The molecule has 1 saturated heterocycles. The van der Waals surface area contributed by atoms with E-state index in [1.54, 1.807) is 4.90 Å². The van der Waals surface area contributed by atoms with Crippen molar-refractivity contribution in [2.45, 2.75) is 19.0 Å². The largest absolute Gasteiger partial charge is 0.405 e. The summed E-state index contributed by atoms with van der Waals surface area (Å²) in [4.78, 5) is 27.6. The lowest BCUT2D eigenvalue weighted by molar-refractivity contribution is -0.385. The Morgan fingerprint density at radius 3 is 2.78 bits per heavy atom. The lowest BCUT2D eigenvalue weighted by Gasteiger charge is -2.32. The highest BCUT2D eigenvalue weighted by Crippen LogP contribution is 2.23. The molecular formula is C13H15F3N4O3. The van der Waals surface area contributed by atoms with Crippen LogP contribution in [0.25, 0.3) is 0 Å². The summed E-state index contributed by atoms with van der Waals surface area (Å²) in [6, 6.07) is 2.77. The maximum Gasteiger partial charge on any atom is 0.405 e. The van der Waals surface area contributed by atoms with E-state index < -0.39 is 29.5 Å². The summed E-state index contributed by atoms with van der Waals surface area (Å²) in [5.74, 6) is -0.749. The molecule has 0 radical (unpaired) electrons. The van der Waals surface area contributed by atoms with Crippen LogP contribution in [-0.4, -0.2) is 41.6 Å². The third-order valence-corrected chi connectivity index (χ3v) is 3.52. The van der Waals surface area contributed by atoms with Gasteiger partial charge >= 0.3 is 6.18 Å². The van der Waals surface area contributed by atoms with E-state index in [1.807, 2.05) is 5.32 Å². The third-order valence-electron chi connectivity index (χ3n) is 3.52. The van der Waals surface area contributed by atoms with Gasteiger partial charge in [-0.3, -0.25) is 14.9 Å². The summed E-state index contributed by atoms with van der Waals surface area (Å²) in [5, 5.41) is 12.5. The number of nitrogens with one attached hydrogen (secondary N) is 1. The molecule has 2 heterocycles. The van der Waals surface area contributed by atoms with Crippen molar-refractivity contribution >= 4 is 17.4 Å². The zero-order valence-electron chi connectivity index (χ0n) is 12.0. The van der Waals surface area contributed by atoms with Crippen molar-refractivity contribution in [1.82, 2.24) is 10.3 Å². The van der Waals surface area contributed by atoms with E-state index in [2.05, 4.69) is 4.98 Å². The molecule has 1 fully saturated rings. The van der Waals surface area contributed by atoms with Crippen LogP contribution in [-0.2, 0) is 4.79 Å². The Bertz CT molecular complexity index is 577. The fourth-order valence-corrected chi connectivity index (χ4v) is 2.40. The van der Waals surface area contributed by atoms with Crippen molar-refractivity contribution in [1.29, 1.82) is 0 Å². The third kappa shape index (κ3) is 4.80. The normalized spacial score (nSPS) is 18.6. The van der Waals surface area contributed by atoms with Crippen LogP contribution in [0.3, 0.4) is 0 Å². The molecule has 1 amide bonds. The molecule has 1 unspecified atom stereocenters. The SMILES string of the molecule is O=C(NCC(F)(F)F)C1CCCN(c2ccc([N+](=O)[O-])cn2)C1. The van der Waals surface area contributed by atoms with Crippen LogP contribution in [0, 0.1) is 16.0 Å². The van der Waals surface area contributed by atoms with Gasteiger partial charge in [0.05, 0.1) is 10.8 Å². The fourth-order valence-electron chi connectivity index (χ4n) is 2.40. The van der Waals surface area contributed by atoms with Gasteiger partial charge in [-0.15, -0.1) is 0 Å². The Labute approximate surface area is 129 Å². The van der Waals surface area contributed by atoms with Crippen LogP contribution in [0.15, 0.2) is 18.3 Å². The topological polar surface area (TPSA) is 88.4 Å². The molecule has 0 saturated carbocycles. The van der Waals surface area contributed by atoms with E-state index in [0.29, 0.717) is 25.2 Å². The van der Waals surface area contributed by atoms with Gasteiger partial charge in [0.2, 0.25) is 5.91 Å². The van der Waals surface area contributed by atoms with Crippen molar-refractivity contribution < 1.29 is 22.9 Å². The number of pyridine rings is 1.